The first-order valence-electron chi connectivity index (χ1n) is 11.1. The first-order chi connectivity index (χ1) is 14.1. The van der Waals surface area contributed by atoms with Gasteiger partial charge in [-0.25, -0.2) is 4.99 Å². The molecule has 0 radical (unpaired) electrons. The highest BCUT2D eigenvalue weighted by atomic mass is 127. The van der Waals surface area contributed by atoms with Gasteiger partial charge in [-0.2, -0.15) is 0 Å². The number of hydrogen-bond acceptors (Lipinski definition) is 5. The number of guanidine groups is 1. The molecule has 1 saturated carbocycles. The lowest BCUT2D eigenvalue weighted by molar-refractivity contribution is -0.122. The maximum atomic E-state index is 12.0. The standard InChI is InChI=1S/C21H36N6O2.HI/c1-4-16(5-2)19-13-18(29-25-19)14-23-21(22-6-3)27-11-9-26(10-12-27)15-20(28)24-17-7-8-17;/h13,16-17H,4-12,14-15H2,1-3H3,(H,22,23)(H,24,28);1H. The average Bonchev–Trinajstić information content (AvgIpc) is 3.41. The molecule has 1 aromatic rings. The Hall–Kier alpha value is -1.36. The molecular weight excluding hydrogens is 495 g/mol. The van der Waals surface area contributed by atoms with Crippen molar-refractivity contribution in [2.45, 2.75) is 65.0 Å². The van der Waals surface area contributed by atoms with Crippen LogP contribution in [0, 0.1) is 0 Å². The summed E-state index contributed by atoms with van der Waals surface area (Å²) in [4.78, 5) is 21.3. The molecule has 2 aliphatic rings. The summed E-state index contributed by atoms with van der Waals surface area (Å²) in [5.41, 5.74) is 1.03. The normalized spacial score (nSPS) is 17.7. The number of rotatable bonds is 9. The Morgan fingerprint density at radius 2 is 1.93 bits per heavy atom. The molecule has 30 heavy (non-hydrogen) atoms. The fourth-order valence-corrected chi connectivity index (χ4v) is 3.70. The molecule has 0 spiro atoms. The van der Waals surface area contributed by atoms with Crippen LogP contribution in [0.25, 0.3) is 0 Å². The van der Waals surface area contributed by atoms with Crippen LogP contribution in [0.3, 0.4) is 0 Å². The van der Waals surface area contributed by atoms with Crippen molar-refractivity contribution < 1.29 is 9.32 Å². The molecule has 3 rings (SSSR count). The van der Waals surface area contributed by atoms with Crippen LogP contribution >= 0.6 is 24.0 Å². The number of nitrogens with one attached hydrogen (secondary N) is 2. The fraction of sp³-hybridized carbons (Fsp3) is 0.762. The van der Waals surface area contributed by atoms with Gasteiger partial charge < -0.3 is 20.1 Å². The van der Waals surface area contributed by atoms with Gasteiger partial charge in [0.15, 0.2) is 11.7 Å². The number of aromatic nitrogens is 1. The lowest BCUT2D eigenvalue weighted by Crippen LogP contribution is -2.54. The molecule has 0 aromatic carbocycles. The number of carbonyl (C=O) groups excluding carboxylic acids is 1. The molecule has 0 atom stereocenters. The highest BCUT2D eigenvalue weighted by Gasteiger charge is 2.26. The predicted octanol–water partition coefficient (Wildman–Crippen LogP) is 2.56. The van der Waals surface area contributed by atoms with Crippen LogP contribution in [0.4, 0.5) is 0 Å². The maximum Gasteiger partial charge on any atom is 0.234 e. The minimum atomic E-state index is 0. The van der Waals surface area contributed by atoms with E-state index >= 15 is 0 Å². The molecule has 2 fully saturated rings. The Morgan fingerprint density at radius 1 is 1.23 bits per heavy atom. The van der Waals surface area contributed by atoms with Gasteiger partial charge in [0.2, 0.25) is 5.91 Å². The lowest BCUT2D eigenvalue weighted by atomic mass is 9.99. The molecule has 8 nitrogen and oxygen atoms in total. The lowest BCUT2D eigenvalue weighted by Gasteiger charge is -2.36. The summed E-state index contributed by atoms with van der Waals surface area (Å²) in [5.74, 6) is 2.31. The molecule has 1 aliphatic heterocycles. The van der Waals surface area contributed by atoms with Crippen LogP contribution in [0.1, 0.15) is 63.8 Å². The van der Waals surface area contributed by atoms with Crippen molar-refractivity contribution in [2.24, 2.45) is 4.99 Å². The van der Waals surface area contributed by atoms with Crippen LogP contribution in [0.5, 0.6) is 0 Å². The second kappa shape index (κ2) is 12.5. The van der Waals surface area contributed by atoms with Crippen molar-refractivity contribution >= 4 is 35.8 Å². The van der Waals surface area contributed by atoms with E-state index in [1.54, 1.807) is 0 Å². The largest absolute Gasteiger partial charge is 0.359 e. The minimum Gasteiger partial charge on any atom is -0.359 e. The molecule has 0 bridgehead atoms. The topological polar surface area (TPSA) is 86.0 Å². The van der Waals surface area contributed by atoms with E-state index in [9.17, 15) is 4.79 Å². The number of halogens is 1. The number of nitrogens with zero attached hydrogens (tertiary/aromatic N) is 4. The van der Waals surface area contributed by atoms with Gasteiger partial charge in [0.25, 0.3) is 0 Å². The number of piperazine rings is 1. The first-order valence-corrected chi connectivity index (χ1v) is 11.1. The van der Waals surface area contributed by atoms with E-state index in [0.29, 0.717) is 25.0 Å². The molecule has 1 aromatic heterocycles. The zero-order chi connectivity index (χ0) is 20.6. The zero-order valence-corrected chi connectivity index (χ0v) is 20.9. The Balaban J connectivity index is 0.00000320. The highest BCUT2D eigenvalue weighted by Crippen LogP contribution is 2.22. The molecule has 1 saturated heterocycles. The van der Waals surface area contributed by atoms with Gasteiger partial charge in [0.05, 0.1) is 12.2 Å². The summed E-state index contributed by atoms with van der Waals surface area (Å²) in [6.07, 6.45) is 4.40. The number of amides is 1. The highest BCUT2D eigenvalue weighted by molar-refractivity contribution is 14.0. The van der Waals surface area contributed by atoms with Crippen molar-refractivity contribution in [1.82, 2.24) is 25.6 Å². The SMILES string of the molecule is CCNC(=NCc1cc(C(CC)CC)no1)N1CCN(CC(=O)NC2CC2)CC1.I. The molecule has 1 aliphatic carbocycles. The Kier molecular flexibility index (Phi) is 10.4. The van der Waals surface area contributed by atoms with E-state index in [-0.39, 0.29) is 29.9 Å². The van der Waals surface area contributed by atoms with Crippen molar-refractivity contribution in [1.29, 1.82) is 0 Å². The second-order valence-electron chi connectivity index (χ2n) is 8.01. The maximum absolute atomic E-state index is 12.0. The van der Waals surface area contributed by atoms with Crippen LogP contribution in [0.15, 0.2) is 15.6 Å². The fourth-order valence-electron chi connectivity index (χ4n) is 3.70. The van der Waals surface area contributed by atoms with Crippen LogP contribution in [-0.4, -0.2) is 72.1 Å². The summed E-state index contributed by atoms with van der Waals surface area (Å²) in [5, 5.41) is 10.7. The predicted molar refractivity (Wildman–Crippen MR) is 129 cm³/mol. The summed E-state index contributed by atoms with van der Waals surface area (Å²) in [6, 6.07) is 2.47. The quantitative estimate of drug-likeness (QED) is 0.289. The minimum absolute atomic E-state index is 0. The molecule has 170 valence electrons. The molecule has 2 N–H and O–H groups in total. The summed E-state index contributed by atoms with van der Waals surface area (Å²) in [7, 11) is 0. The molecule has 0 unspecified atom stereocenters. The van der Waals surface area contributed by atoms with Gasteiger partial charge in [-0.15, -0.1) is 24.0 Å². The van der Waals surface area contributed by atoms with E-state index in [2.05, 4.69) is 46.4 Å². The molecule has 2 heterocycles. The third kappa shape index (κ3) is 7.40. The second-order valence-corrected chi connectivity index (χ2v) is 8.01. The van der Waals surface area contributed by atoms with E-state index < -0.39 is 0 Å². The molecular formula is C21H37IN6O2. The van der Waals surface area contributed by atoms with Crippen molar-refractivity contribution in [2.75, 3.05) is 39.3 Å². The van der Waals surface area contributed by atoms with Gasteiger partial charge in [-0.05, 0) is 32.6 Å². The number of carbonyl (C=O) groups is 1. The van der Waals surface area contributed by atoms with Crippen LogP contribution < -0.4 is 10.6 Å². The molecule has 9 heteroatoms. The van der Waals surface area contributed by atoms with E-state index in [0.717, 1.165) is 75.8 Å². The number of hydrogen-bond donors (Lipinski definition) is 2. The Bertz CT molecular complexity index is 679. The van der Waals surface area contributed by atoms with Gasteiger partial charge in [-0.3, -0.25) is 9.69 Å². The van der Waals surface area contributed by atoms with E-state index in [1.807, 2.05) is 6.07 Å². The summed E-state index contributed by atoms with van der Waals surface area (Å²) < 4.78 is 5.51. The van der Waals surface area contributed by atoms with Crippen molar-refractivity contribution in [3.63, 3.8) is 0 Å². The summed E-state index contributed by atoms with van der Waals surface area (Å²) in [6.45, 7) is 11.7. The average molecular weight is 532 g/mol. The van der Waals surface area contributed by atoms with E-state index in [1.165, 1.54) is 0 Å². The molecule has 1 amide bonds. The Labute approximate surface area is 197 Å². The van der Waals surface area contributed by atoms with Crippen LogP contribution in [-0.2, 0) is 11.3 Å². The Morgan fingerprint density at radius 3 is 2.53 bits per heavy atom. The third-order valence-electron chi connectivity index (χ3n) is 5.68. The van der Waals surface area contributed by atoms with Gasteiger partial charge in [0.1, 0.15) is 6.54 Å². The van der Waals surface area contributed by atoms with E-state index in [4.69, 9.17) is 9.52 Å². The monoisotopic (exact) mass is 532 g/mol. The van der Waals surface area contributed by atoms with Gasteiger partial charge in [0, 0.05) is 50.7 Å². The smallest absolute Gasteiger partial charge is 0.234 e. The third-order valence-corrected chi connectivity index (χ3v) is 5.68. The van der Waals surface area contributed by atoms with Gasteiger partial charge in [-0.1, -0.05) is 19.0 Å². The van der Waals surface area contributed by atoms with Crippen molar-refractivity contribution in [3.8, 4) is 0 Å². The summed E-state index contributed by atoms with van der Waals surface area (Å²) >= 11 is 0. The van der Waals surface area contributed by atoms with Crippen molar-refractivity contribution in [3.05, 3.63) is 17.5 Å². The zero-order valence-electron chi connectivity index (χ0n) is 18.5. The van der Waals surface area contributed by atoms with Crippen LogP contribution in [0.2, 0.25) is 0 Å². The van der Waals surface area contributed by atoms with Gasteiger partial charge >= 0.3 is 0 Å². The first kappa shape index (κ1) is 24.9. The number of aliphatic imine (C=N–C) groups is 1.